The minimum Gasteiger partial charge on any atom is -0.349 e. The number of aromatic nitrogens is 3. The van der Waals surface area contributed by atoms with Gasteiger partial charge in [0.05, 0.1) is 11.8 Å². The van der Waals surface area contributed by atoms with Gasteiger partial charge in [0.25, 0.3) is 5.82 Å². The molecule has 1 aromatic heterocycles. The van der Waals surface area contributed by atoms with Crippen LogP contribution in [0.25, 0.3) is 0 Å². The predicted molar refractivity (Wildman–Crippen MR) is 88.3 cm³/mol. The van der Waals surface area contributed by atoms with Crippen LogP contribution in [0, 0.1) is 0 Å². The molecule has 1 aromatic carbocycles. The highest BCUT2D eigenvalue weighted by molar-refractivity contribution is 7.99. The fourth-order valence-corrected chi connectivity index (χ4v) is 2.78. The van der Waals surface area contributed by atoms with Crippen LogP contribution < -0.4 is 11.2 Å². The smallest absolute Gasteiger partial charge is 0.349 e. The molecule has 3 N–H and O–H groups in total. The Morgan fingerprint density at radius 3 is 2.48 bits per heavy atom. The molecule has 0 saturated carbocycles. The van der Waals surface area contributed by atoms with Gasteiger partial charge in [-0.15, -0.1) is 10.2 Å². The minimum absolute atomic E-state index is 0.120. The monoisotopic (exact) mass is 373 g/mol. The van der Waals surface area contributed by atoms with Gasteiger partial charge in [0.1, 0.15) is 0 Å². The van der Waals surface area contributed by atoms with Crippen LogP contribution >= 0.6 is 11.8 Å². The Labute approximate surface area is 147 Å². The first-order chi connectivity index (χ1) is 11.7. The summed E-state index contributed by atoms with van der Waals surface area (Å²) in [5.41, 5.74) is 2.14. The molecule has 25 heavy (non-hydrogen) atoms. The minimum atomic E-state index is -4.69. The zero-order valence-corrected chi connectivity index (χ0v) is 14.5. The maximum absolute atomic E-state index is 12.6. The molecule has 0 aliphatic heterocycles. The molecule has 0 spiro atoms. The SMILES string of the molecule is CCc1ccc([C@H](C)NC(=O)CSc2nnc(C(F)(F)F)n2N)cc1. The summed E-state index contributed by atoms with van der Waals surface area (Å²) in [5, 5.41) is 8.96. The highest BCUT2D eigenvalue weighted by atomic mass is 32.2. The third-order valence-corrected chi connectivity index (χ3v) is 4.46. The zero-order valence-electron chi connectivity index (χ0n) is 13.7. The molecule has 136 valence electrons. The Kier molecular flexibility index (Phi) is 5.93. The predicted octanol–water partition coefficient (Wildman–Crippen LogP) is 2.54. The fraction of sp³-hybridized carbons (Fsp3) is 0.400. The van der Waals surface area contributed by atoms with E-state index in [9.17, 15) is 18.0 Å². The number of hydrogen-bond donors (Lipinski definition) is 2. The number of aryl methyl sites for hydroxylation is 1. The van der Waals surface area contributed by atoms with Gasteiger partial charge in [0.2, 0.25) is 11.1 Å². The van der Waals surface area contributed by atoms with Gasteiger partial charge in [0, 0.05) is 0 Å². The van der Waals surface area contributed by atoms with Gasteiger partial charge in [-0.05, 0) is 24.5 Å². The average molecular weight is 373 g/mol. The van der Waals surface area contributed by atoms with Gasteiger partial charge >= 0.3 is 6.18 Å². The molecule has 0 bridgehead atoms. The first-order valence-electron chi connectivity index (χ1n) is 7.51. The molecule has 2 rings (SSSR count). The Hall–Kier alpha value is -2.23. The van der Waals surface area contributed by atoms with Crippen molar-refractivity contribution in [3.63, 3.8) is 0 Å². The highest BCUT2D eigenvalue weighted by Crippen LogP contribution is 2.28. The molecule has 2 aromatic rings. The van der Waals surface area contributed by atoms with Crippen LogP contribution in [0.2, 0.25) is 0 Å². The van der Waals surface area contributed by atoms with Crippen molar-refractivity contribution in [3.8, 4) is 0 Å². The normalized spacial score (nSPS) is 12.8. The van der Waals surface area contributed by atoms with Crippen LogP contribution in [0.4, 0.5) is 13.2 Å². The maximum atomic E-state index is 12.6. The number of alkyl halides is 3. The average Bonchev–Trinajstić information content (AvgIpc) is 2.94. The second-order valence-electron chi connectivity index (χ2n) is 5.35. The molecule has 6 nitrogen and oxygen atoms in total. The lowest BCUT2D eigenvalue weighted by molar-refractivity contribution is -0.146. The molecule has 0 radical (unpaired) electrons. The molecule has 0 aliphatic rings. The number of benzene rings is 1. The summed E-state index contributed by atoms with van der Waals surface area (Å²) in [6, 6.07) is 7.62. The summed E-state index contributed by atoms with van der Waals surface area (Å²) in [6.07, 6.45) is -3.76. The summed E-state index contributed by atoms with van der Waals surface area (Å²) in [6.45, 7) is 3.88. The van der Waals surface area contributed by atoms with Crippen LogP contribution in [-0.2, 0) is 17.4 Å². The van der Waals surface area contributed by atoms with E-state index in [1.54, 1.807) is 0 Å². The van der Waals surface area contributed by atoms with Crippen molar-refractivity contribution >= 4 is 17.7 Å². The molecular weight excluding hydrogens is 355 g/mol. The van der Waals surface area contributed by atoms with Crippen molar-refractivity contribution < 1.29 is 18.0 Å². The zero-order chi connectivity index (χ0) is 18.6. The lowest BCUT2D eigenvalue weighted by Gasteiger charge is -2.14. The van der Waals surface area contributed by atoms with Crippen LogP contribution in [0.15, 0.2) is 29.4 Å². The van der Waals surface area contributed by atoms with Crippen LogP contribution in [0.1, 0.15) is 36.8 Å². The number of nitrogens with one attached hydrogen (secondary N) is 1. The Morgan fingerprint density at radius 1 is 1.32 bits per heavy atom. The van der Waals surface area contributed by atoms with E-state index in [4.69, 9.17) is 5.84 Å². The molecule has 1 amide bonds. The molecule has 0 saturated heterocycles. The number of amides is 1. The molecule has 1 heterocycles. The molecule has 0 aliphatic carbocycles. The van der Waals surface area contributed by atoms with E-state index in [2.05, 4.69) is 22.4 Å². The largest absolute Gasteiger partial charge is 0.453 e. The molecule has 0 fully saturated rings. The van der Waals surface area contributed by atoms with Gasteiger partial charge < -0.3 is 11.2 Å². The second-order valence-corrected chi connectivity index (χ2v) is 6.29. The summed E-state index contributed by atoms with van der Waals surface area (Å²) in [5.74, 6) is 3.55. The van der Waals surface area contributed by atoms with Gasteiger partial charge in [-0.3, -0.25) is 4.79 Å². The van der Waals surface area contributed by atoms with E-state index in [-0.39, 0.29) is 22.9 Å². The maximum Gasteiger partial charge on any atom is 0.453 e. The summed E-state index contributed by atoms with van der Waals surface area (Å²) in [7, 11) is 0. The van der Waals surface area contributed by atoms with Gasteiger partial charge in [-0.25, -0.2) is 4.68 Å². The summed E-state index contributed by atoms with van der Waals surface area (Å²) < 4.78 is 38.1. The van der Waals surface area contributed by atoms with Crippen molar-refractivity contribution in [3.05, 3.63) is 41.2 Å². The van der Waals surface area contributed by atoms with E-state index in [1.807, 2.05) is 31.2 Å². The van der Waals surface area contributed by atoms with Crippen molar-refractivity contribution in [2.24, 2.45) is 0 Å². The number of rotatable bonds is 6. The first kappa shape index (κ1) is 19.1. The van der Waals surface area contributed by atoms with Gasteiger partial charge in [-0.2, -0.15) is 13.2 Å². The molecule has 1 atom stereocenters. The number of carbonyl (C=O) groups excluding carboxylic acids is 1. The van der Waals surface area contributed by atoms with E-state index < -0.39 is 12.0 Å². The number of thioether (sulfide) groups is 1. The lowest BCUT2D eigenvalue weighted by Crippen LogP contribution is -2.28. The van der Waals surface area contributed by atoms with E-state index in [0.29, 0.717) is 4.68 Å². The number of hydrogen-bond acceptors (Lipinski definition) is 5. The Balaban J connectivity index is 1.91. The Bertz CT molecular complexity index is 730. The molecule has 0 unspecified atom stereocenters. The summed E-state index contributed by atoms with van der Waals surface area (Å²) >= 11 is 0.788. The van der Waals surface area contributed by atoms with Crippen molar-refractivity contribution in [1.82, 2.24) is 20.2 Å². The van der Waals surface area contributed by atoms with Gasteiger partial charge in [0.15, 0.2) is 0 Å². The van der Waals surface area contributed by atoms with E-state index in [1.165, 1.54) is 5.56 Å². The van der Waals surface area contributed by atoms with E-state index in [0.717, 1.165) is 23.7 Å². The van der Waals surface area contributed by atoms with Gasteiger partial charge in [-0.1, -0.05) is 43.0 Å². The van der Waals surface area contributed by atoms with E-state index >= 15 is 0 Å². The standard InChI is InChI=1S/C15H18F3N5OS/c1-3-10-4-6-11(7-5-10)9(2)20-12(24)8-25-14-22-21-13(23(14)19)15(16,17)18/h4-7,9H,3,8,19H2,1-2H3,(H,20,24)/t9-/m0/s1. The molecular formula is C15H18F3N5OS. The quantitative estimate of drug-likeness (QED) is 0.600. The van der Waals surface area contributed by atoms with Crippen LogP contribution in [-0.4, -0.2) is 26.5 Å². The first-order valence-corrected chi connectivity index (χ1v) is 8.49. The number of nitrogens with zero attached hydrogens (tertiary/aromatic N) is 3. The number of carbonyl (C=O) groups is 1. The third-order valence-electron chi connectivity index (χ3n) is 3.52. The number of nitrogens with two attached hydrogens (primary N) is 1. The Morgan fingerprint density at radius 2 is 1.96 bits per heavy atom. The third kappa shape index (κ3) is 4.88. The topological polar surface area (TPSA) is 85.8 Å². The molecule has 10 heteroatoms. The second kappa shape index (κ2) is 7.77. The summed E-state index contributed by atoms with van der Waals surface area (Å²) in [4.78, 5) is 12.0. The lowest BCUT2D eigenvalue weighted by atomic mass is 10.1. The van der Waals surface area contributed by atoms with Crippen molar-refractivity contribution in [1.29, 1.82) is 0 Å². The number of nitrogen functional groups attached to an aromatic ring is 1. The van der Waals surface area contributed by atoms with Crippen molar-refractivity contribution in [2.45, 2.75) is 37.6 Å². The van der Waals surface area contributed by atoms with Crippen LogP contribution in [0.3, 0.4) is 0 Å². The van der Waals surface area contributed by atoms with Crippen molar-refractivity contribution in [2.75, 3.05) is 11.6 Å². The highest BCUT2D eigenvalue weighted by Gasteiger charge is 2.38. The number of halogens is 3. The fourth-order valence-electron chi connectivity index (χ4n) is 2.11. The van der Waals surface area contributed by atoms with Crippen LogP contribution in [0.5, 0.6) is 0 Å².